The molecule has 1 heterocycles. The number of pyridine rings is 1. The number of benzene rings is 1. The molecule has 1 unspecified atom stereocenters. The van der Waals surface area contributed by atoms with E-state index in [-0.39, 0.29) is 6.04 Å². The van der Waals surface area contributed by atoms with Gasteiger partial charge in [-0.1, -0.05) is 31.2 Å². The second-order valence-corrected chi connectivity index (χ2v) is 5.03. The molecule has 1 aromatic carbocycles. The lowest BCUT2D eigenvalue weighted by Crippen LogP contribution is -2.36. The molecule has 0 fully saturated rings. The fraction of sp³-hybridized carbons (Fsp3) is 0.471. The number of likely N-dealkylation sites (N-methyl/N-ethyl adjacent to an activating group) is 1. The van der Waals surface area contributed by atoms with Crippen molar-refractivity contribution in [2.45, 2.75) is 19.9 Å². The van der Waals surface area contributed by atoms with Gasteiger partial charge in [-0.15, -0.1) is 0 Å². The standard InChI is InChI=1S/C17H25N3O/c1-3-20(9-10-21-4-2)17(11-18)16-13-19-12-14-7-5-6-8-15(14)16/h5-8,12-13,17H,3-4,9-11,18H2,1-2H3. The van der Waals surface area contributed by atoms with Gasteiger partial charge in [0.2, 0.25) is 0 Å². The molecule has 4 heteroatoms. The summed E-state index contributed by atoms with van der Waals surface area (Å²) in [5, 5.41) is 2.40. The van der Waals surface area contributed by atoms with Crippen LogP contribution in [0.2, 0.25) is 0 Å². The van der Waals surface area contributed by atoms with E-state index in [4.69, 9.17) is 10.5 Å². The average Bonchev–Trinajstić information content (AvgIpc) is 2.54. The van der Waals surface area contributed by atoms with Crippen LogP contribution in [0.1, 0.15) is 25.5 Å². The summed E-state index contributed by atoms with van der Waals surface area (Å²) in [7, 11) is 0. The second-order valence-electron chi connectivity index (χ2n) is 5.03. The van der Waals surface area contributed by atoms with E-state index in [1.54, 1.807) is 0 Å². The minimum absolute atomic E-state index is 0.175. The lowest BCUT2D eigenvalue weighted by molar-refractivity contribution is 0.0983. The highest BCUT2D eigenvalue weighted by Crippen LogP contribution is 2.26. The molecular weight excluding hydrogens is 262 g/mol. The number of hydrogen-bond acceptors (Lipinski definition) is 4. The Balaban J connectivity index is 2.29. The Labute approximate surface area is 126 Å². The van der Waals surface area contributed by atoms with Gasteiger partial charge in [-0.25, -0.2) is 0 Å². The Morgan fingerprint density at radius 1 is 1.24 bits per heavy atom. The average molecular weight is 287 g/mol. The van der Waals surface area contributed by atoms with E-state index in [0.717, 1.165) is 31.7 Å². The van der Waals surface area contributed by atoms with Gasteiger partial charge < -0.3 is 10.5 Å². The first kappa shape index (κ1) is 15.9. The van der Waals surface area contributed by atoms with Gasteiger partial charge >= 0.3 is 0 Å². The van der Waals surface area contributed by atoms with Crippen molar-refractivity contribution in [3.8, 4) is 0 Å². The molecule has 0 aliphatic carbocycles. The maximum absolute atomic E-state index is 6.07. The first-order chi connectivity index (χ1) is 10.3. The number of rotatable bonds is 8. The summed E-state index contributed by atoms with van der Waals surface area (Å²) in [5.74, 6) is 0. The van der Waals surface area contributed by atoms with Crippen LogP contribution in [0.25, 0.3) is 10.8 Å². The monoisotopic (exact) mass is 287 g/mol. The first-order valence-electron chi connectivity index (χ1n) is 7.66. The minimum atomic E-state index is 0.175. The van der Waals surface area contributed by atoms with Gasteiger partial charge in [0.1, 0.15) is 0 Å². The topological polar surface area (TPSA) is 51.4 Å². The van der Waals surface area contributed by atoms with Crippen molar-refractivity contribution in [2.75, 3.05) is 32.8 Å². The number of hydrogen-bond donors (Lipinski definition) is 1. The summed E-state index contributed by atoms with van der Waals surface area (Å²) < 4.78 is 5.49. The number of fused-ring (bicyclic) bond motifs is 1. The normalized spacial score (nSPS) is 13.0. The molecule has 1 aromatic heterocycles. The first-order valence-corrected chi connectivity index (χ1v) is 7.66. The van der Waals surface area contributed by atoms with E-state index in [2.05, 4.69) is 35.0 Å². The number of nitrogens with two attached hydrogens (primary N) is 1. The van der Waals surface area contributed by atoms with Crippen molar-refractivity contribution in [1.82, 2.24) is 9.88 Å². The molecule has 0 spiro atoms. The van der Waals surface area contributed by atoms with Crippen molar-refractivity contribution in [3.63, 3.8) is 0 Å². The molecule has 0 saturated heterocycles. The molecule has 0 amide bonds. The summed E-state index contributed by atoms with van der Waals surface area (Å²) in [6.45, 7) is 8.07. The SMILES string of the molecule is CCOCCN(CC)C(CN)c1cncc2ccccc12. The quantitative estimate of drug-likeness (QED) is 0.758. The van der Waals surface area contributed by atoms with Crippen LogP contribution < -0.4 is 5.73 Å². The van der Waals surface area contributed by atoms with Crippen LogP contribution in [-0.4, -0.2) is 42.7 Å². The van der Waals surface area contributed by atoms with Crippen molar-refractivity contribution in [3.05, 3.63) is 42.2 Å². The van der Waals surface area contributed by atoms with Crippen LogP contribution in [0.3, 0.4) is 0 Å². The lowest BCUT2D eigenvalue weighted by Gasteiger charge is -2.30. The molecule has 0 aliphatic heterocycles. The second kappa shape index (κ2) is 8.08. The van der Waals surface area contributed by atoms with Crippen molar-refractivity contribution in [2.24, 2.45) is 5.73 Å². The van der Waals surface area contributed by atoms with Crippen LogP contribution in [0.5, 0.6) is 0 Å². The van der Waals surface area contributed by atoms with Crippen molar-refractivity contribution >= 4 is 10.8 Å². The van der Waals surface area contributed by atoms with E-state index >= 15 is 0 Å². The molecule has 21 heavy (non-hydrogen) atoms. The van der Waals surface area contributed by atoms with Gasteiger partial charge in [0, 0.05) is 43.5 Å². The van der Waals surface area contributed by atoms with Crippen LogP contribution >= 0.6 is 0 Å². The maximum Gasteiger partial charge on any atom is 0.0593 e. The van der Waals surface area contributed by atoms with Crippen LogP contribution in [0, 0.1) is 0 Å². The van der Waals surface area contributed by atoms with Gasteiger partial charge in [0.25, 0.3) is 0 Å². The fourth-order valence-corrected chi connectivity index (χ4v) is 2.74. The molecule has 2 N–H and O–H groups in total. The molecule has 0 saturated carbocycles. The van der Waals surface area contributed by atoms with Crippen LogP contribution in [0.15, 0.2) is 36.7 Å². The molecule has 2 aromatic rings. The number of nitrogens with zero attached hydrogens (tertiary/aromatic N) is 2. The van der Waals surface area contributed by atoms with E-state index in [1.807, 2.05) is 25.4 Å². The zero-order chi connectivity index (χ0) is 15.1. The summed E-state index contributed by atoms with van der Waals surface area (Å²) >= 11 is 0. The third-order valence-electron chi connectivity index (χ3n) is 3.86. The van der Waals surface area contributed by atoms with Gasteiger partial charge in [-0.2, -0.15) is 0 Å². The Bertz CT molecular complexity index is 553. The third kappa shape index (κ3) is 3.79. The zero-order valence-corrected chi connectivity index (χ0v) is 13.0. The summed E-state index contributed by atoms with van der Waals surface area (Å²) in [5.41, 5.74) is 7.27. The molecule has 0 bridgehead atoms. The molecule has 0 radical (unpaired) electrons. The molecule has 114 valence electrons. The highest BCUT2D eigenvalue weighted by Gasteiger charge is 2.19. The van der Waals surface area contributed by atoms with E-state index in [1.165, 1.54) is 10.9 Å². The van der Waals surface area contributed by atoms with Gasteiger partial charge in [-0.3, -0.25) is 9.88 Å². The van der Waals surface area contributed by atoms with Gasteiger partial charge in [0.15, 0.2) is 0 Å². The molecule has 0 aliphatic rings. The Morgan fingerprint density at radius 3 is 2.76 bits per heavy atom. The van der Waals surface area contributed by atoms with E-state index < -0.39 is 0 Å². The predicted molar refractivity (Wildman–Crippen MR) is 87.3 cm³/mol. The predicted octanol–water partition coefficient (Wildman–Crippen LogP) is 2.59. The smallest absolute Gasteiger partial charge is 0.0593 e. The van der Waals surface area contributed by atoms with Crippen LogP contribution in [0.4, 0.5) is 0 Å². The molecule has 4 nitrogen and oxygen atoms in total. The fourth-order valence-electron chi connectivity index (χ4n) is 2.74. The zero-order valence-electron chi connectivity index (χ0n) is 13.0. The number of aromatic nitrogens is 1. The minimum Gasteiger partial charge on any atom is -0.380 e. The third-order valence-corrected chi connectivity index (χ3v) is 3.86. The highest BCUT2D eigenvalue weighted by molar-refractivity contribution is 5.85. The van der Waals surface area contributed by atoms with Crippen molar-refractivity contribution < 1.29 is 4.74 Å². The Kier molecular flexibility index (Phi) is 6.11. The molecule has 2 rings (SSSR count). The molecule has 1 atom stereocenters. The number of ether oxygens (including phenoxy) is 1. The van der Waals surface area contributed by atoms with Crippen LogP contribution in [-0.2, 0) is 4.74 Å². The van der Waals surface area contributed by atoms with E-state index in [0.29, 0.717) is 6.54 Å². The highest BCUT2D eigenvalue weighted by atomic mass is 16.5. The summed E-state index contributed by atoms with van der Waals surface area (Å²) in [6, 6.07) is 8.52. The van der Waals surface area contributed by atoms with Gasteiger partial charge in [-0.05, 0) is 24.4 Å². The molecular formula is C17H25N3O. The summed E-state index contributed by atoms with van der Waals surface area (Å²) in [4.78, 5) is 6.74. The Hall–Kier alpha value is -1.49. The lowest BCUT2D eigenvalue weighted by atomic mass is 10.0. The van der Waals surface area contributed by atoms with Gasteiger partial charge in [0.05, 0.1) is 6.61 Å². The maximum atomic E-state index is 6.07. The van der Waals surface area contributed by atoms with Crippen molar-refractivity contribution in [1.29, 1.82) is 0 Å². The van der Waals surface area contributed by atoms with E-state index in [9.17, 15) is 0 Å². The Morgan fingerprint density at radius 2 is 2.05 bits per heavy atom. The summed E-state index contributed by atoms with van der Waals surface area (Å²) in [6.07, 6.45) is 3.85. The largest absolute Gasteiger partial charge is 0.380 e.